The topological polar surface area (TPSA) is 46.2 Å². The fourth-order valence-corrected chi connectivity index (χ4v) is 3.82. The largest absolute Gasteiger partial charge is 0.283 e. The summed E-state index contributed by atoms with van der Waals surface area (Å²) in [7, 11) is -3.52. The number of hydrogen-bond acceptors (Lipinski definition) is 2. The van der Waals surface area contributed by atoms with E-state index in [1.807, 2.05) is 32.0 Å². The van der Waals surface area contributed by atoms with E-state index in [1.54, 1.807) is 18.2 Å². The van der Waals surface area contributed by atoms with E-state index in [0.717, 1.165) is 17.5 Å². The van der Waals surface area contributed by atoms with Crippen LogP contribution in [0.2, 0.25) is 10.0 Å². The van der Waals surface area contributed by atoms with Gasteiger partial charge in [0.2, 0.25) is 10.0 Å². The van der Waals surface area contributed by atoms with Crippen LogP contribution in [0.4, 0.5) is 5.69 Å². The Morgan fingerprint density at radius 1 is 1.09 bits per heavy atom. The standard InChI is InChI=1S/C16H17Cl2NO2S/c1-3-13-6-4-5-11(2)16(13)19-22(20,21)10-12-7-8-14(17)15(18)9-12/h4-9,19H,3,10H2,1-2H3. The number of aryl methyl sites for hydroxylation is 2. The van der Waals surface area contributed by atoms with Crippen LogP contribution in [0.25, 0.3) is 0 Å². The number of nitrogens with one attached hydrogen (secondary N) is 1. The molecule has 0 amide bonds. The Labute approximate surface area is 141 Å². The molecule has 2 rings (SSSR count). The molecule has 0 aliphatic heterocycles. The molecule has 0 aromatic heterocycles. The zero-order valence-corrected chi connectivity index (χ0v) is 14.7. The third-order valence-electron chi connectivity index (χ3n) is 3.34. The number of anilines is 1. The SMILES string of the molecule is CCc1cccc(C)c1NS(=O)(=O)Cc1ccc(Cl)c(Cl)c1. The highest BCUT2D eigenvalue weighted by atomic mass is 35.5. The molecule has 22 heavy (non-hydrogen) atoms. The highest BCUT2D eigenvalue weighted by Crippen LogP contribution is 2.26. The predicted molar refractivity (Wildman–Crippen MR) is 93.3 cm³/mol. The Kier molecular flexibility index (Phi) is 5.37. The van der Waals surface area contributed by atoms with Crippen LogP contribution in [0.5, 0.6) is 0 Å². The normalized spacial score (nSPS) is 11.5. The van der Waals surface area contributed by atoms with Crippen molar-refractivity contribution in [2.45, 2.75) is 26.0 Å². The van der Waals surface area contributed by atoms with Crippen LogP contribution in [0.15, 0.2) is 36.4 Å². The minimum atomic E-state index is -3.52. The Morgan fingerprint density at radius 3 is 2.45 bits per heavy atom. The Hall–Kier alpha value is -1.23. The lowest BCUT2D eigenvalue weighted by Crippen LogP contribution is -2.17. The average Bonchev–Trinajstić information content (AvgIpc) is 2.44. The van der Waals surface area contributed by atoms with Crippen molar-refractivity contribution in [3.05, 3.63) is 63.1 Å². The highest BCUT2D eigenvalue weighted by molar-refractivity contribution is 7.91. The molecule has 6 heteroatoms. The maximum atomic E-state index is 12.4. The lowest BCUT2D eigenvalue weighted by Gasteiger charge is -2.14. The van der Waals surface area contributed by atoms with Gasteiger partial charge < -0.3 is 0 Å². The van der Waals surface area contributed by atoms with E-state index in [-0.39, 0.29) is 5.75 Å². The first-order chi connectivity index (χ1) is 10.3. The molecule has 0 spiro atoms. The summed E-state index contributed by atoms with van der Waals surface area (Å²) in [6, 6.07) is 10.6. The molecular weight excluding hydrogens is 341 g/mol. The van der Waals surface area contributed by atoms with Gasteiger partial charge in [0.1, 0.15) is 0 Å². The van der Waals surface area contributed by atoms with E-state index in [1.165, 1.54) is 0 Å². The van der Waals surface area contributed by atoms with Gasteiger partial charge in [-0.15, -0.1) is 0 Å². The fourth-order valence-electron chi connectivity index (χ4n) is 2.21. The Balaban J connectivity index is 2.27. The summed E-state index contributed by atoms with van der Waals surface area (Å²) in [6.07, 6.45) is 0.756. The fraction of sp³-hybridized carbons (Fsp3) is 0.250. The maximum Gasteiger partial charge on any atom is 0.236 e. The number of hydrogen-bond donors (Lipinski definition) is 1. The van der Waals surface area contributed by atoms with Crippen molar-refractivity contribution >= 4 is 38.9 Å². The smallest absolute Gasteiger partial charge is 0.236 e. The van der Waals surface area contributed by atoms with Crippen LogP contribution < -0.4 is 4.72 Å². The molecule has 0 fully saturated rings. The van der Waals surface area contributed by atoms with E-state index >= 15 is 0 Å². The molecule has 0 saturated heterocycles. The van der Waals surface area contributed by atoms with Crippen LogP contribution in [0, 0.1) is 6.92 Å². The second kappa shape index (κ2) is 6.90. The molecule has 0 bridgehead atoms. The van der Waals surface area contributed by atoms with Crippen molar-refractivity contribution in [3.63, 3.8) is 0 Å². The van der Waals surface area contributed by atoms with Crippen molar-refractivity contribution < 1.29 is 8.42 Å². The molecular formula is C16H17Cl2NO2S. The van der Waals surface area contributed by atoms with Crippen LogP contribution in [0.3, 0.4) is 0 Å². The summed E-state index contributed by atoms with van der Waals surface area (Å²) in [5.41, 5.74) is 3.12. The van der Waals surface area contributed by atoms with E-state index < -0.39 is 10.0 Å². The number of sulfonamides is 1. The minimum Gasteiger partial charge on any atom is -0.283 e. The Bertz CT molecular complexity index is 789. The van der Waals surface area contributed by atoms with Crippen molar-refractivity contribution in [1.29, 1.82) is 0 Å². The minimum absolute atomic E-state index is 0.151. The van der Waals surface area contributed by atoms with Gasteiger partial charge in [0.25, 0.3) is 0 Å². The van der Waals surface area contributed by atoms with Gasteiger partial charge in [0.15, 0.2) is 0 Å². The van der Waals surface area contributed by atoms with Gasteiger partial charge in [-0.3, -0.25) is 4.72 Å². The number of benzene rings is 2. The zero-order valence-electron chi connectivity index (χ0n) is 12.4. The first-order valence-electron chi connectivity index (χ1n) is 6.85. The van der Waals surface area contributed by atoms with Crippen LogP contribution in [-0.2, 0) is 22.2 Å². The van der Waals surface area contributed by atoms with Crippen molar-refractivity contribution in [1.82, 2.24) is 0 Å². The molecule has 2 aromatic carbocycles. The molecule has 0 atom stereocenters. The maximum absolute atomic E-state index is 12.4. The number of para-hydroxylation sites is 1. The highest BCUT2D eigenvalue weighted by Gasteiger charge is 2.15. The molecule has 1 N–H and O–H groups in total. The van der Waals surface area contributed by atoms with Crippen LogP contribution >= 0.6 is 23.2 Å². The van der Waals surface area contributed by atoms with Crippen LogP contribution in [-0.4, -0.2) is 8.42 Å². The summed E-state index contributed by atoms with van der Waals surface area (Å²) in [4.78, 5) is 0. The van der Waals surface area contributed by atoms with Gasteiger partial charge in [-0.05, 0) is 42.2 Å². The van der Waals surface area contributed by atoms with Gasteiger partial charge in [-0.2, -0.15) is 0 Å². The van der Waals surface area contributed by atoms with E-state index in [2.05, 4.69) is 4.72 Å². The van der Waals surface area contributed by atoms with Crippen molar-refractivity contribution in [2.75, 3.05) is 4.72 Å². The van der Waals surface area contributed by atoms with Gasteiger partial charge >= 0.3 is 0 Å². The average molecular weight is 358 g/mol. The summed E-state index contributed by atoms with van der Waals surface area (Å²) >= 11 is 11.8. The van der Waals surface area contributed by atoms with Crippen LogP contribution in [0.1, 0.15) is 23.6 Å². The molecule has 0 saturated carbocycles. The summed E-state index contributed by atoms with van der Waals surface area (Å²) < 4.78 is 27.5. The van der Waals surface area contributed by atoms with Gasteiger partial charge in [-0.25, -0.2) is 8.42 Å². The van der Waals surface area contributed by atoms with Gasteiger partial charge in [0, 0.05) is 0 Å². The van der Waals surface area contributed by atoms with E-state index in [9.17, 15) is 8.42 Å². The molecule has 2 aromatic rings. The first kappa shape index (κ1) is 17.1. The summed E-state index contributed by atoms with van der Waals surface area (Å²) in [6.45, 7) is 3.88. The van der Waals surface area contributed by atoms with Gasteiger partial charge in [-0.1, -0.05) is 54.4 Å². The first-order valence-corrected chi connectivity index (χ1v) is 9.26. The number of halogens is 2. The third kappa shape index (κ3) is 4.15. The van der Waals surface area contributed by atoms with E-state index in [0.29, 0.717) is 21.3 Å². The molecule has 0 unspecified atom stereocenters. The van der Waals surface area contributed by atoms with E-state index in [4.69, 9.17) is 23.2 Å². The molecule has 0 heterocycles. The second-order valence-corrected chi connectivity index (χ2v) is 7.61. The Morgan fingerprint density at radius 2 is 1.82 bits per heavy atom. The second-order valence-electron chi connectivity index (χ2n) is 5.07. The molecule has 118 valence electrons. The molecule has 3 nitrogen and oxygen atoms in total. The van der Waals surface area contributed by atoms with Crippen molar-refractivity contribution in [2.24, 2.45) is 0 Å². The molecule has 0 aliphatic rings. The lowest BCUT2D eigenvalue weighted by molar-refractivity contribution is 0.600. The number of rotatable bonds is 5. The van der Waals surface area contributed by atoms with Gasteiger partial charge in [0.05, 0.1) is 21.5 Å². The third-order valence-corrected chi connectivity index (χ3v) is 5.31. The quantitative estimate of drug-likeness (QED) is 0.834. The lowest BCUT2D eigenvalue weighted by atomic mass is 10.1. The summed E-state index contributed by atoms with van der Waals surface area (Å²) in [5.74, 6) is -0.151. The monoisotopic (exact) mass is 357 g/mol. The van der Waals surface area contributed by atoms with Crippen molar-refractivity contribution in [3.8, 4) is 0 Å². The molecule has 0 aliphatic carbocycles. The zero-order chi connectivity index (χ0) is 16.3. The molecule has 0 radical (unpaired) electrons. The summed E-state index contributed by atoms with van der Waals surface area (Å²) in [5, 5.41) is 0.752. The predicted octanol–water partition coefficient (Wildman–Crippen LogP) is 4.81.